The van der Waals surface area contributed by atoms with E-state index in [1.165, 1.54) is 24.3 Å². The molecule has 0 saturated carbocycles. The number of fused-ring (bicyclic) bond motifs is 1. The maximum Gasteiger partial charge on any atom is 0.130 e. The van der Waals surface area contributed by atoms with Crippen LogP contribution < -0.4 is 0 Å². The van der Waals surface area contributed by atoms with Gasteiger partial charge in [-0.2, -0.15) is 11.8 Å². The smallest absolute Gasteiger partial charge is 0.130 e. The summed E-state index contributed by atoms with van der Waals surface area (Å²) in [6, 6.07) is 15.6. The average Bonchev–Trinajstić information content (AvgIpc) is 3.10. The molecule has 1 nitrogen and oxygen atoms in total. The van der Waals surface area contributed by atoms with E-state index >= 15 is 0 Å². The molecule has 1 heterocycles. The Kier molecular flexibility index (Phi) is 5.18. The van der Waals surface area contributed by atoms with Crippen molar-refractivity contribution < 1.29 is 13.2 Å². The third-order valence-corrected chi connectivity index (χ3v) is 5.52. The lowest BCUT2D eigenvalue weighted by Crippen LogP contribution is -2.06. The predicted molar refractivity (Wildman–Crippen MR) is 109 cm³/mol. The van der Waals surface area contributed by atoms with Crippen molar-refractivity contribution in [3.8, 4) is 0 Å². The number of halogens is 3. The molecular weight excluding hydrogens is 379 g/mol. The number of rotatable bonds is 5. The molecule has 4 aromatic rings. The van der Waals surface area contributed by atoms with Crippen LogP contribution in [-0.2, 0) is 5.75 Å². The summed E-state index contributed by atoms with van der Waals surface area (Å²) in [7, 11) is 0. The van der Waals surface area contributed by atoms with Gasteiger partial charge in [0.1, 0.15) is 17.5 Å². The molecule has 0 saturated heterocycles. The molecule has 5 heteroatoms. The number of benzene rings is 3. The van der Waals surface area contributed by atoms with Crippen molar-refractivity contribution >= 4 is 22.7 Å². The van der Waals surface area contributed by atoms with E-state index in [0.717, 1.165) is 39.4 Å². The Balaban J connectivity index is 1.95. The van der Waals surface area contributed by atoms with Crippen molar-refractivity contribution in [2.45, 2.75) is 11.7 Å². The Bertz CT molecular complexity index is 1120. The molecule has 1 unspecified atom stereocenters. The van der Waals surface area contributed by atoms with Crippen LogP contribution in [0, 0.1) is 17.5 Å². The summed E-state index contributed by atoms with van der Waals surface area (Å²) in [5.41, 5.74) is 4.12. The van der Waals surface area contributed by atoms with Crippen LogP contribution in [0.5, 0.6) is 0 Å². The van der Waals surface area contributed by atoms with Gasteiger partial charge in [0.15, 0.2) is 0 Å². The Morgan fingerprint density at radius 3 is 2.36 bits per heavy atom. The van der Waals surface area contributed by atoms with Crippen molar-refractivity contribution in [3.63, 3.8) is 0 Å². The fourth-order valence-corrected chi connectivity index (χ4v) is 4.22. The van der Waals surface area contributed by atoms with E-state index in [-0.39, 0.29) is 5.82 Å². The zero-order valence-corrected chi connectivity index (χ0v) is 16.0. The van der Waals surface area contributed by atoms with Gasteiger partial charge in [-0.3, -0.25) is 0 Å². The topological polar surface area (TPSA) is 15.8 Å². The highest BCUT2D eigenvalue weighted by atomic mass is 32.2. The number of thioether (sulfide) groups is 1. The first-order valence-electron chi connectivity index (χ1n) is 8.86. The first kappa shape index (κ1) is 18.7. The molecule has 3 aromatic carbocycles. The van der Waals surface area contributed by atoms with Crippen LogP contribution in [0.3, 0.4) is 0 Å². The Morgan fingerprint density at radius 1 is 0.893 bits per heavy atom. The third kappa shape index (κ3) is 3.42. The standard InChI is InChI=1S/C23H18F3NS/c1-28-13-15-3-2-4-18-20(12-27-23(15)18)22(14-5-7-16(24)8-6-14)19-10-9-17(25)11-21(19)26/h2-12,22,27H,13H2,1H3. The molecule has 0 aliphatic heterocycles. The normalized spacial score (nSPS) is 12.4. The van der Waals surface area contributed by atoms with Gasteiger partial charge in [-0.05, 0) is 46.7 Å². The molecule has 0 aliphatic rings. The van der Waals surface area contributed by atoms with E-state index in [9.17, 15) is 13.2 Å². The first-order valence-corrected chi connectivity index (χ1v) is 10.3. The summed E-state index contributed by atoms with van der Waals surface area (Å²) in [6.07, 6.45) is 3.91. The van der Waals surface area contributed by atoms with Crippen LogP contribution in [0.25, 0.3) is 10.9 Å². The largest absolute Gasteiger partial charge is 0.361 e. The van der Waals surface area contributed by atoms with Crippen molar-refractivity contribution in [2.75, 3.05) is 6.26 Å². The molecule has 0 spiro atoms. The fourth-order valence-electron chi connectivity index (χ4n) is 3.67. The van der Waals surface area contributed by atoms with Crippen LogP contribution in [0.4, 0.5) is 13.2 Å². The van der Waals surface area contributed by atoms with E-state index in [0.29, 0.717) is 5.56 Å². The molecule has 1 aromatic heterocycles. The van der Waals surface area contributed by atoms with Gasteiger partial charge in [-0.25, -0.2) is 13.2 Å². The number of nitrogens with one attached hydrogen (secondary N) is 1. The van der Waals surface area contributed by atoms with Crippen LogP contribution in [0.1, 0.15) is 28.2 Å². The van der Waals surface area contributed by atoms with Gasteiger partial charge < -0.3 is 4.98 Å². The van der Waals surface area contributed by atoms with Crippen molar-refractivity contribution in [1.82, 2.24) is 4.98 Å². The Morgan fingerprint density at radius 2 is 1.64 bits per heavy atom. The molecule has 0 amide bonds. The zero-order valence-electron chi connectivity index (χ0n) is 15.2. The number of hydrogen-bond acceptors (Lipinski definition) is 1. The molecule has 28 heavy (non-hydrogen) atoms. The van der Waals surface area contributed by atoms with E-state index < -0.39 is 17.6 Å². The lowest BCUT2D eigenvalue weighted by Gasteiger charge is -2.19. The second kappa shape index (κ2) is 7.76. The van der Waals surface area contributed by atoms with Crippen molar-refractivity contribution in [2.24, 2.45) is 0 Å². The molecule has 0 fully saturated rings. The van der Waals surface area contributed by atoms with E-state index in [4.69, 9.17) is 0 Å². The average molecular weight is 397 g/mol. The Hall–Kier alpha value is -2.66. The second-order valence-electron chi connectivity index (χ2n) is 6.67. The first-order chi connectivity index (χ1) is 13.6. The third-order valence-electron chi connectivity index (χ3n) is 4.92. The van der Waals surface area contributed by atoms with Gasteiger partial charge in [0.2, 0.25) is 0 Å². The van der Waals surface area contributed by atoms with E-state index in [1.54, 1.807) is 23.9 Å². The highest BCUT2D eigenvalue weighted by Crippen LogP contribution is 2.38. The summed E-state index contributed by atoms with van der Waals surface area (Å²) in [5, 5.41) is 0.976. The Labute approximate surface area is 165 Å². The second-order valence-corrected chi connectivity index (χ2v) is 7.53. The monoisotopic (exact) mass is 397 g/mol. The molecule has 0 aliphatic carbocycles. The quantitative estimate of drug-likeness (QED) is 0.400. The molecule has 4 rings (SSSR count). The van der Waals surface area contributed by atoms with E-state index in [1.807, 2.05) is 24.6 Å². The minimum atomic E-state index is -0.625. The molecule has 0 bridgehead atoms. The van der Waals surface area contributed by atoms with Crippen LogP contribution in [0.15, 0.2) is 66.9 Å². The summed E-state index contributed by atoms with van der Waals surface area (Å²) in [5.74, 6) is -1.24. The molecule has 142 valence electrons. The highest BCUT2D eigenvalue weighted by Gasteiger charge is 2.24. The minimum absolute atomic E-state index is 0.351. The van der Waals surface area contributed by atoms with Crippen LogP contribution in [0.2, 0.25) is 0 Å². The van der Waals surface area contributed by atoms with Gasteiger partial charge in [-0.15, -0.1) is 0 Å². The minimum Gasteiger partial charge on any atom is -0.361 e. The van der Waals surface area contributed by atoms with Crippen LogP contribution >= 0.6 is 11.8 Å². The predicted octanol–water partition coefficient (Wildman–Crippen LogP) is 6.63. The maximum atomic E-state index is 14.7. The molecular formula is C23H18F3NS. The summed E-state index contributed by atoms with van der Waals surface area (Å²) >= 11 is 1.72. The number of hydrogen-bond donors (Lipinski definition) is 1. The number of H-pyrrole nitrogens is 1. The lowest BCUT2D eigenvalue weighted by molar-refractivity contribution is 0.570. The fraction of sp³-hybridized carbons (Fsp3) is 0.130. The number of aromatic nitrogens is 1. The van der Waals surface area contributed by atoms with E-state index in [2.05, 4.69) is 11.1 Å². The van der Waals surface area contributed by atoms with Gasteiger partial charge in [0.25, 0.3) is 0 Å². The van der Waals surface area contributed by atoms with Crippen molar-refractivity contribution in [1.29, 1.82) is 0 Å². The molecule has 1 atom stereocenters. The molecule has 1 N–H and O–H groups in total. The maximum absolute atomic E-state index is 14.7. The van der Waals surface area contributed by atoms with Gasteiger partial charge >= 0.3 is 0 Å². The van der Waals surface area contributed by atoms with Gasteiger partial charge in [0, 0.05) is 34.8 Å². The highest BCUT2D eigenvalue weighted by molar-refractivity contribution is 7.97. The van der Waals surface area contributed by atoms with Crippen LogP contribution in [-0.4, -0.2) is 11.2 Å². The summed E-state index contributed by atoms with van der Waals surface area (Å²) in [6.45, 7) is 0. The number of para-hydroxylation sites is 1. The number of aromatic amines is 1. The summed E-state index contributed by atoms with van der Waals surface area (Å²) < 4.78 is 41.7. The molecule has 0 radical (unpaired) electrons. The SMILES string of the molecule is CSCc1cccc2c(C(c3ccc(F)cc3)c3ccc(F)cc3F)c[nH]c12. The van der Waals surface area contributed by atoms with Gasteiger partial charge in [0.05, 0.1) is 0 Å². The summed E-state index contributed by atoms with van der Waals surface area (Å²) in [4.78, 5) is 3.32. The van der Waals surface area contributed by atoms with Crippen molar-refractivity contribution in [3.05, 3.63) is 107 Å². The lowest BCUT2D eigenvalue weighted by atomic mass is 9.84. The zero-order chi connectivity index (χ0) is 19.7. The van der Waals surface area contributed by atoms with Gasteiger partial charge in [-0.1, -0.05) is 36.4 Å².